The van der Waals surface area contributed by atoms with Crippen LogP contribution in [0.5, 0.6) is 0 Å². The number of hydrogen-bond acceptors (Lipinski definition) is 2. The van der Waals surface area contributed by atoms with Crippen LogP contribution in [0.15, 0.2) is 24.3 Å². The van der Waals surface area contributed by atoms with E-state index in [0.29, 0.717) is 6.42 Å². The average Bonchev–Trinajstić information content (AvgIpc) is 2.18. The zero-order valence-corrected chi connectivity index (χ0v) is 8.79. The number of ketones is 1. The molecule has 76 valence electrons. The van der Waals surface area contributed by atoms with E-state index in [1.54, 1.807) is 0 Å². The van der Waals surface area contributed by atoms with E-state index in [9.17, 15) is 4.79 Å². The number of hydrogen-bond donors (Lipinski definition) is 1. The molecule has 1 unspecified atom stereocenters. The minimum atomic E-state index is -0.0104. The minimum absolute atomic E-state index is 0.0104. The quantitative estimate of drug-likeness (QED) is 0.742. The van der Waals surface area contributed by atoms with Crippen molar-refractivity contribution in [2.45, 2.75) is 32.7 Å². The summed E-state index contributed by atoms with van der Waals surface area (Å²) in [7, 11) is 0. The number of Topliss-reactive ketones (excluding diaryl/α,β-unsaturated/α-hetero) is 1. The maximum absolute atomic E-state index is 11.6. The standard InChI is InChI=1S/C12H17NO/c1-3-11(13)8-12(14)10-6-4-9(2)5-7-10/h4-7,11H,3,8,13H2,1-2H3. The molecule has 1 rings (SSSR count). The van der Waals surface area contributed by atoms with E-state index < -0.39 is 0 Å². The summed E-state index contributed by atoms with van der Waals surface area (Å²) < 4.78 is 0. The van der Waals surface area contributed by atoms with Gasteiger partial charge in [0.1, 0.15) is 0 Å². The number of aryl methyl sites for hydroxylation is 1. The summed E-state index contributed by atoms with van der Waals surface area (Å²) in [5.74, 6) is 0.138. The summed E-state index contributed by atoms with van der Waals surface area (Å²) in [5.41, 5.74) is 7.65. The predicted molar refractivity (Wildman–Crippen MR) is 58.4 cm³/mol. The zero-order valence-electron chi connectivity index (χ0n) is 8.79. The van der Waals surface area contributed by atoms with Crippen molar-refractivity contribution in [1.29, 1.82) is 0 Å². The molecule has 0 radical (unpaired) electrons. The molecule has 0 aliphatic carbocycles. The highest BCUT2D eigenvalue weighted by Crippen LogP contribution is 2.08. The molecule has 1 aromatic carbocycles. The summed E-state index contributed by atoms with van der Waals surface area (Å²) in [4.78, 5) is 11.6. The number of rotatable bonds is 4. The monoisotopic (exact) mass is 191 g/mol. The second-order valence-electron chi connectivity index (χ2n) is 3.66. The Hall–Kier alpha value is -1.15. The third-order valence-corrected chi connectivity index (χ3v) is 2.35. The van der Waals surface area contributed by atoms with Gasteiger partial charge in [0.25, 0.3) is 0 Å². The van der Waals surface area contributed by atoms with Crippen LogP contribution in [0.1, 0.15) is 35.7 Å². The fourth-order valence-corrected chi connectivity index (χ4v) is 1.24. The molecule has 0 amide bonds. The van der Waals surface area contributed by atoms with Crippen molar-refractivity contribution in [1.82, 2.24) is 0 Å². The summed E-state index contributed by atoms with van der Waals surface area (Å²) >= 11 is 0. The van der Waals surface area contributed by atoms with Gasteiger partial charge in [-0.25, -0.2) is 0 Å². The van der Waals surface area contributed by atoms with Crippen molar-refractivity contribution < 1.29 is 4.79 Å². The molecule has 0 fully saturated rings. The molecule has 0 aromatic heterocycles. The van der Waals surface area contributed by atoms with Gasteiger partial charge < -0.3 is 5.73 Å². The molecular formula is C12H17NO. The van der Waals surface area contributed by atoms with Crippen LogP contribution in [0.3, 0.4) is 0 Å². The van der Waals surface area contributed by atoms with Crippen molar-refractivity contribution in [2.75, 3.05) is 0 Å². The van der Waals surface area contributed by atoms with Gasteiger partial charge in [-0.05, 0) is 13.3 Å². The highest BCUT2D eigenvalue weighted by Gasteiger charge is 2.09. The molecule has 2 N–H and O–H groups in total. The first-order valence-corrected chi connectivity index (χ1v) is 4.99. The summed E-state index contributed by atoms with van der Waals surface area (Å²) in [6, 6.07) is 7.61. The highest BCUT2D eigenvalue weighted by atomic mass is 16.1. The Morgan fingerprint density at radius 2 is 1.93 bits per heavy atom. The van der Waals surface area contributed by atoms with Crippen LogP contribution in [0.4, 0.5) is 0 Å². The molecule has 0 aliphatic heterocycles. The van der Waals surface area contributed by atoms with E-state index >= 15 is 0 Å². The highest BCUT2D eigenvalue weighted by molar-refractivity contribution is 5.96. The van der Waals surface area contributed by atoms with Crippen LogP contribution in [-0.2, 0) is 0 Å². The van der Waals surface area contributed by atoms with Crippen molar-refractivity contribution in [3.8, 4) is 0 Å². The number of carbonyl (C=O) groups is 1. The van der Waals surface area contributed by atoms with E-state index in [-0.39, 0.29) is 11.8 Å². The van der Waals surface area contributed by atoms with Gasteiger partial charge in [0, 0.05) is 18.0 Å². The second kappa shape index (κ2) is 4.91. The molecule has 1 aromatic rings. The lowest BCUT2D eigenvalue weighted by molar-refractivity contribution is 0.0974. The normalized spacial score (nSPS) is 12.5. The Morgan fingerprint density at radius 1 is 1.36 bits per heavy atom. The van der Waals surface area contributed by atoms with Crippen LogP contribution in [0.25, 0.3) is 0 Å². The van der Waals surface area contributed by atoms with Crippen molar-refractivity contribution >= 4 is 5.78 Å². The van der Waals surface area contributed by atoms with Crippen molar-refractivity contribution in [3.63, 3.8) is 0 Å². The Bertz CT molecular complexity index is 303. The van der Waals surface area contributed by atoms with Gasteiger partial charge in [-0.15, -0.1) is 0 Å². The predicted octanol–water partition coefficient (Wildman–Crippen LogP) is 2.31. The Labute approximate surface area is 85.1 Å². The van der Waals surface area contributed by atoms with Crippen molar-refractivity contribution in [2.24, 2.45) is 5.73 Å². The molecule has 0 heterocycles. The SMILES string of the molecule is CCC(N)CC(=O)c1ccc(C)cc1. The third-order valence-electron chi connectivity index (χ3n) is 2.35. The molecule has 0 aliphatic rings. The Balaban J connectivity index is 2.65. The first kappa shape index (κ1) is 10.9. The van der Waals surface area contributed by atoms with Gasteiger partial charge >= 0.3 is 0 Å². The Kier molecular flexibility index (Phi) is 3.84. The van der Waals surface area contributed by atoms with E-state index in [1.165, 1.54) is 5.56 Å². The molecule has 0 spiro atoms. The third kappa shape index (κ3) is 2.96. The summed E-state index contributed by atoms with van der Waals surface area (Å²) in [6.07, 6.45) is 1.29. The Morgan fingerprint density at radius 3 is 2.43 bits per heavy atom. The van der Waals surface area contributed by atoms with Crippen LogP contribution in [0, 0.1) is 6.92 Å². The first-order valence-electron chi connectivity index (χ1n) is 4.99. The van der Waals surface area contributed by atoms with E-state index in [4.69, 9.17) is 5.73 Å². The number of benzene rings is 1. The van der Waals surface area contributed by atoms with Gasteiger partial charge in [0.05, 0.1) is 0 Å². The molecule has 0 saturated heterocycles. The zero-order chi connectivity index (χ0) is 10.6. The summed E-state index contributed by atoms with van der Waals surface area (Å²) in [6.45, 7) is 4.00. The van der Waals surface area contributed by atoms with Gasteiger partial charge in [-0.3, -0.25) is 4.79 Å². The van der Waals surface area contributed by atoms with Crippen molar-refractivity contribution in [3.05, 3.63) is 35.4 Å². The van der Waals surface area contributed by atoms with Gasteiger partial charge in [-0.1, -0.05) is 36.8 Å². The summed E-state index contributed by atoms with van der Waals surface area (Å²) in [5, 5.41) is 0. The minimum Gasteiger partial charge on any atom is -0.327 e. The average molecular weight is 191 g/mol. The molecule has 1 atom stereocenters. The van der Waals surface area contributed by atoms with Gasteiger partial charge in [0.15, 0.2) is 5.78 Å². The molecule has 0 bridgehead atoms. The van der Waals surface area contributed by atoms with E-state index in [2.05, 4.69) is 0 Å². The number of carbonyl (C=O) groups excluding carboxylic acids is 1. The largest absolute Gasteiger partial charge is 0.327 e. The topological polar surface area (TPSA) is 43.1 Å². The van der Waals surface area contributed by atoms with Crippen LogP contribution >= 0.6 is 0 Å². The molecular weight excluding hydrogens is 174 g/mol. The fourth-order valence-electron chi connectivity index (χ4n) is 1.24. The lowest BCUT2D eigenvalue weighted by Gasteiger charge is -2.07. The maximum atomic E-state index is 11.6. The molecule has 14 heavy (non-hydrogen) atoms. The first-order chi connectivity index (χ1) is 6.63. The fraction of sp³-hybridized carbons (Fsp3) is 0.417. The molecule has 0 saturated carbocycles. The van der Waals surface area contributed by atoms with E-state index in [1.807, 2.05) is 38.1 Å². The van der Waals surface area contributed by atoms with Crippen LogP contribution in [-0.4, -0.2) is 11.8 Å². The lowest BCUT2D eigenvalue weighted by Crippen LogP contribution is -2.22. The number of nitrogens with two attached hydrogens (primary N) is 1. The molecule has 2 nitrogen and oxygen atoms in total. The second-order valence-corrected chi connectivity index (χ2v) is 3.66. The smallest absolute Gasteiger partial charge is 0.164 e. The van der Waals surface area contributed by atoms with Gasteiger partial charge in [-0.2, -0.15) is 0 Å². The van der Waals surface area contributed by atoms with Crippen LogP contribution < -0.4 is 5.73 Å². The maximum Gasteiger partial charge on any atom is 0.164 e. The lowest BCUT2D eigenvalue weighted by atomic mass is 10.0. The van der Waals surface area contributed by atoms with Gasteiger partial charge in [0.2, 0.25) is 0 Å². The van der Waals surface area contributed by atoms with E-state index in [0.717, 1.165) is 12.0 Å². The molecule has 2 heteroatoms. The van der Waals surface area contributed by atoms with Crippen LogP contribution in [0.2, 0.25) is 0 Å².